The number of allylic oxidation sites excluding steroid dienone is 3. The Kier molecular flexibility index (Phi) is 9.61. The third-order valence-electron chi connectivity index (χ3n) is 6.31. The van der Waals surface area contributed by atoms with Gasteiger partial charge in [0.05, 0.1) is 16.9 Å². The fourth-order valence-electron chi connectivity index (χ4n) is 4.27. The number of alkyl halides is 3. The van der Waals surface area contributed by atoms with Crippen molar-refractivity contribution in [3.8, 4) is 0 Å². The van der Waals surface area contributed by atoms with Gasteiger partial charge in [0.2, 0.25) is 5.91 Å². The quantitative estimate of drug-likeness (QED) is 0.298. The number of carbonyl (C=O) groups is 3. The fourth-order valence-corrected chi connectivity index (χ4v) is 4.27. The Morgan fingerprint density at radius 3 is 2.22 bits per heavy atom. The summed E-state index contributed by atoms with van der Waals surface area (Å²) in [6.07, 6.45) is -1.44. The lowest BCUT2D eigenvalue weighted by atomic mass is 9.80. The van der Waals surface area contributed by atoms with Crippen molar-refractivity contribution in [2.24, 2.45) is 5.41 Å². The van der Waals surface area contributed by atoms with E-state index in [9.17, 15) is 27.6 Å². The molecule has 0 heterocycles. The lowest BCUT2D eigenvalue weighted by molar-refractivity contribution is -0.138. The van der Waals surface area contributed by atoms with Gasteiger partial charge >= 0.3 is 6.18 Å². The van der Waals surface area contributed by atoms with Gasteiger partial charge in [-0.3, -0.25) is 14.5 Å². The van der Waals surface area contributed by atoms with E-state index in [0.29, 0.717) is 18.5 Å². The van der Waals surface area contributed by atoms with Crippen molar-refractivity contribution in [2.45, 2.75) is 47.2 Å². The summed E-state index contributed by atoms with van der Waals surface area (Å²) in [5.74, 6) is -1.15. The number of aldehydes is 1. The van der Waals surface area contributed by atoms with Gasteiger partial charge in [-0.15, -0.1) is 0 Å². The standard InChI is InChI=1S/C27H27F3N2O3.C2H6/c1-5-10-21-18(3)24(34)16-26(21,17-33)25(35)32(20-11-8-7-9-12-20)23-15-19(27(28,29)30)13-14-22(23)31(4)6-2;1-2/h5,7-15,17H,6,16H2,1-4H3;1-2H3/b10-5-;. The molecule has 0 aromatic heterocycles. The van der Waals surface area contributed by atoms with Crippen molar-refractivity contribution in [2.75, 3.05) is 23.4 Å². The molecule has 0 aliphatic heterocycles. The van der Waals surface area contributed by atoms with E-state index < -0.39 is 23.1 Å². The maximum absolute atomic E-state index is 14.3. The van der Waals surface area contributed by atoms with Crippen molar-refractivity contribution in [1.82, 2.24) is 0 Å². The summed E-state index contributed by atoms with van der Waals surface area (Å²) in [7, 11) is 1.70. The van der Waals surface area contributed by atoms with Crippen LogP contribution < -0.4 is 9.80 Å². The zero-order valence-corrected chi connectivity index (χ0v) is 22.0. The minimum Gasteiger partial charge on any atom is -0.373 e. The maximum Gasteiger partial charge on any atom is 0.416 e. The van der Waals surface area contributed by atoms with E-state index >= 15 is 0 Å². The van der Waals surface area contributed by atoms with E-state index in [1.165, 1.54) is 6.07 Å². The van der Waals surface area contributed by atoms with Crippen LogP contribution in [0.5, 0.6) is 0 Å². The lowest BCUT2D eigenvalue weighted by Crippen LogP contribution is -2.44. The zero-order valence-electron chi connectivity index (χ0n) is 22.0. The summed E-state index contributed by atoms with van der Waals surface area (Å²) >= 11 is 0. The number of benzene rings is 2. The Hall–Kier alpha value is -3.68. The van der Waals surface area contributed by atoms with E-state index in [2.05, 4.69) is 0 Å². The minimum absolute atomic E-state index is 0.0292. The molecule has 0 fully saturated rings. The number of anilines is 3. The molecule has 37 heavy (non-hydrogen) atoms. The smallest absolute Gasteiger partial charge is 0.373 e. The first-order valence-electron chi connectivity index (χ1n) is 12.2. The Morgan fingerprint density at radius 2 is 1.70 bits per heavy atom. The molecule has 1 unspecified atom stereocenters. The number of ketones is 1. The van der Waals surface area contributed by atoms with Gasteiger partial charge in [0, 0.05) is 25.7 Å². The fraction of sp³-hybridized carbons (Fsp3) is 0.345. The summed E-state index contributed by atoms with van der Waals surface area (Å²) < 4.78 is 41.2. The SMILES string of the molecule is C/C=C\C1=C(C)C(=O)CC1(C=O)C(=O)N(c1ccccc1)c1cc(C(F)(F)F)ccc1N(C)CC.CC. The van der Waals surface area contributed by atoms with E-state index in [0.717, 1.165) is 17.0 Å². The molecule has 0 spiro atoms. The van der Waals surface area contributed by atoms with Crippen LogP contribution in [0.15, 0.2) is 71.8 Å². The molecule has 1 aliphatic carbocycles. The number of para-hydroxylation sites is 1. The second kappa shape index (κ2) is 12.0. The van der Waals surface area contributed by atoms with Crippen LogP contribution in [-0.4, -0.2) is 31.6 Å². The highest BCUT2D eigenvalue weighted by molar-refractivity contribution is 6.20. The molecule has 2 aromatic carbocycles. The summed E-state index contributed by atoms with van der Waals surface area (Å²) in [6, 6.07) is 11.3. The van der Waals surface area contributed by atoms with Crippen LogP contribution in [0.25, 0.3) is 0 Å². The first-order chi connectivity index (χ1) is 17.5. The third kappa shape index (κ3) is 5.68. The zero-order chi connectivity index (χ0) is 28.0. The van der Waals surface area contributed by atoms with Gasteiger partial charge in [0.15, 0.2) is 5.78 Å². The molecule has 0 saturated carbocycles. The normalized spacial score (nSPS) is 17.5. The monoisotopic (exact) mass is 514 g/mol. The van der Waals surface area contributed by atoms with Crippen LogP contribution in [0, 0.1) is 5.41 Å². The molecule has 1 amide bonds. The van der Waals surface area contributed by atoms with Crippen molar-refractivity contribution >= 4 is 35.0 Å². The molecule has 1 aliphatic rings. The summed E-state index contributed by atoms with van der Waals surface area (Å²) in [4.78, 5) is 42.3. The molecule has 5 nitrogen and oxygen atoms in total. The van der Waals surface area contributed by atoms with Gasteiger partial charge in [0.25, 0.3) is 0 Å². The number of Topliss-reactive ketones (excluding diaryl/α,β-unsaturated/α-hetero) is 1. The van der Waals surface area contributed by atoms with E-state index in [4.69, 9.17) is 0 Å². The van der Waals surface area contributed by atoms with Crippen LogP contribution >= 0.6 is 0 Å². The van der Waals surface area contributed by atoms with Gasteiger partial charge in [-0.05, 0) is 62.2 Å². The van der Waals surface area contributed by atoms with Crippen LogP contribution in [0.3, 0.4) is 0 Å². The largest absolute Gasteiger partial charge is 0.416 e. The number of hydrogen-bond donors (Lipinski definition) is 0. The van der Waals surface area contributed by atoms with Crippen molar-refractivity contribution in [3.63, 3.8) is 0 Å². The summed E-state index contributed by atoms with van der Waals surface area (Å²) in [6.45, 7) is 9.52. The second-order valence-electron chi connectivity index (χ2n) is 8.42. The second-order valence-corrected chi connectivity index (χ2v) is 8.42. The molecular weight excluding hydrogens is 481 g/mol. The van der Waals surface area contributed by atoms with Crippen molar-refractivity contribution in [3.05, 3.63) is 77.4 Å². The average Bonchev–Trinajstić information content (AvgIpc) is 3.15. The van der Waals surface area contributed by atoms with E-state index in [-0.39, 0.29) is 34.7 Å². The lowest BCUT2D eigenvalue weighted by Gasteiger charge is -2.35. The minimum atomic E-state index is -4.65. The maximum atomic E-state index is 14.3. The van der Waals surface area contributed by atoms with E-state index in [1.54, 1.807) is 68.3 Å². The highest BCUT2D eigenvalue weighted by atomic mass is 19.4. The van der Waals surface area contributed by atoms with Crippen LogP contribution in [-0.2, 0) is 20.6 Å². The van der Waals surface area contributed by atoms with Crippen LogP contribution in [0.4, 0.5) is 30.2 Å². The molecule has 0 N–H and O–H groups in total. The number of halogens is 3. The molecule has 0 radical (unpaired) electrons. The van der Waals surface area contributed by atoms with Crippen molar-refractivity contribution in [1.29, 1.82) is 0 Å². The highest BCUT2D eigenvalue weighted by Crippen LogP contribution is 2.47. The molecule has 3 rings (SSSR count). The summed E-state index contributed by atoms with van der Waals surface area (Å²) in [5, 5.41) is 0. The number of amides is 1. The highest BCUT2D eigenvalue weighted by Gasteiger charge is 2.52. The van der Waals surface area contributed by atoms with Crippen LogP contribution in [0.2, 0.25) is 0 Å². The first-order valence-corrected chi connectivity index (χ1v) is 12.2. The number of carbonyl (C=O) groups excluding carboxylic acids is 3. The number of hydrogen-bond acceptors (Lipinski definition) is 4. The molecule has 0 saturated heterocycles. The number of rotatable bonds is 7. The van der Waals surface area contributed by atoms with Gasteiger partial charge < -0.3 is 9.69 Å². The predicted molar refractivity (Wildman–Crippen MR) is 141 cm³/mol. The van der Waals surface area contributed by atoms with Gasteiger partial charge in [-0.1, -0.05) is 44.2 Å². The Morgan fingerprint density at radius 1 is 1.08 bits per heavy atom. The molecule has 0 bridgehead atoms. The average molecular weight is 515 g/mol. The topological polar surface area (TPSA) is 57.7 Å². The molecule has 1 atom stereocenters. The molecular formula is C29H33F3N2O3. The van der Waals surface area contributed by atoms with Gasteiger partial charge in [0.1, 0.15) is 11.7 Å². The molecule has 2 aromatic rings. The van der Waals surface area contributed by atoms with E-state index in [1.807, 2.05) is 20.8 Å². The van der Waals surface area contributed by atoms with Gasteiger partial charge in [-0.2, -0.15) is 13.2 Å². The van der Waals surface area contributed by atoms with Crippen LogP contribution in [0.1, 0.15) is 46.6 Å². The molecule has 198 valence electrons. The molecule has 8 heteroatoms. The summed E-state index contributed by atoms with van der Waals surface area (Å²) in [5.41, 5.74) is -1.64. The Labute approximate surface area is 216 Å². The van der Waals surface area contributed by atoms with Gasteiger partial charge in [-0.25, -0.2) is 0 Å². The Bertz CT molecular complexity index is 1200. The number of nitrogens with zero attached hydrogens (tertiary/aromatic N) is 2. The Balaban J connectivity index is 0.00000235. The third-order valence-corrected chi connectivity index (χ3v) is 6.31. The van der Waals surface area contributed by atoms with Crippen molar-refractivity contribution < 1.29 is 27.6 Å². The predicted octanol–water partition coefficient (Wildman–Crippen LogP) is 6.90. The first kappa shape index (κ1) is 29.5.